The zero-order valence-electron chi connectivity index (χ0n) is 11.4. The van der Waals surface area contributed by atoms with Crippen LogP contribution in [0.1, 0.15) is 9.67 Å². The van der Waals surface area contributed by atoms with E-state index < -0.39 is 0 Å². The van der Waals surface area contributed by atoms with Gasteiger partial charge in [-0.1, -0.05) is 51.4 Å². The smallest absolute Gasteiger partial charge is 0.269 e. The lowest BCUT2D eigenvalue weighted by Crippen LogP contribution is -2.11. The molecule has 1 aromatic heterocycles. The van der Waals surface area contributed by atoms with Crippen LogP contribution >= 0.6 is 46.3 Å². The molecule has 3 rings (SSSR count). The summed E-state index contributed by atoms with van der Waals surface area (Å²) >= 11 is 18.7. The number of amides is 1. The van der Waals surface area contributed by atoms with E-state index in [0.717, 1.165) is 17.1 Å². The van der Waals surface area contributed by atoms with E-state index in [2.05, 4.69) is 14.9 Å². The topological polar surface area (TPSA) is 54.9 Å². The molecule has 0 saturated heterocycles. The lowest BCUT2D eigenvalue weighted by molar-refractivity contribution is 0.103. The molecule has 4 nitrogen and oxygen atoms in total. The van der Waals surface area contributed by atoms with Crippen LogP contribution in [0, 0.1) is 0 Å². The van der Waals surface area contributed by atoms with Crippen LogP contribution in [0.5, 0.6) is 0 Å². The summed E-state index contributed by atoms with van der Waals surface area (Å²) in [6.45, 7) is 0. The number of carbonyl (C=O) groups excluding carboxylic acids is 1. The van der Waals surface area contributed by atoms with E-state index in [4.69, 9.17) is 34.8 Å². The van der Waals surface area contributed by atoms with Gasteiger partial charge in [-0.15, -0.1) is 5.10 Å². The van der Waals surface area contributed by atoms with E-state index >= 15 is 0 Å². The van der Waals surface area contributed by atoms with Crippen LogP contribution in [-0.2, 0) is 0 Å². The molecule has 0 atom stereocenters. The van der Waals surface area contributed by atoms with Crippen molar-refractivity contribution in [3.63, 3.8) is 0 Å². The fourth-order valence-corrected chi connectivity index (χ4v) is 2.91. The monoisotopic (exact) mass is 383 g/mol. The molecule has 1 heterocycles. The first-order valence-electron chi connectivity index (χ1n) is 6.39. The van der Waals surface area contributed by atoms with Crippen LogP contribution in [0.3, 0.4) is 0 Å². The molecule has 3 aromatic rings. The zero-order chi connectivity index (χ0) is 16.4. The first-order chi connectivity index (χ1) is 11.0. The Morgan fingerprint density at radius 2 is 1.74 bits per heavy atom. The molecule has 0 aliphatic rings. The normalized spacial score (nSPS) is 10.6. The number of aromatic nitrogens is 2. The standard InChI is InChI=1S/C15H8Cl3N3OS/c16-9-3-1-8(2-4-9)13-14(23-21-20-13)15(22)19-10-5-6-11(17)12(18)7-10/h1-7H,(H,19,22). The van der Waals surface area contributed by atoms with E-state index in [9.17, 15) is 4.79 Å². The predicted octanol–water partition coefficient (Wildman–Crippen LogP) is 5.42. The van der Waals surface area contributed by atoms with E-state index in [1.807, 2.05) is 0 Å². The first-order valence-corrected chi connectivity index (χ1v) is 8.30. The average Bonchev–Trinajstić information content (AvgIpc) is 3.01. The van der Waals surface area contributed by atoms with Crippen molar-refractivity contribution < 1.29 is 4.79 Å². The van der Waals surface area contributed by atoms with Gasteiger partial charge >= 0.3 is 0 Å². The van der Waals surface area contributed by atoms with Gasteiger partial charge in [0.25, 0.3) is 5.91 Å². The van der Waals surface area contributed by atoms with Crippen LogP contribution in [0.4, 0.5) is 5.69 Å². The molecule has 0 spiro atoms. The van der Waals surface area contributed by atoms with Gasteiger partial charge in [0.05, 0.1) is 10.0 Å². The highest BCUT2D eigenvalue weighted by Crippen LogP contribution is 2.28. The summed E-state index contributed by atoms with van der Waals surface area (Å²) in [4.78, 5) is 12.9. The van der Waals surface area contributed by atoms with Crippen molar-refractivity contribution in [2.24, 2.45) is 0 Å². The van der Waals surface area contributed by atoms with Gasteiger partial charge in [-0.2, -0.15) is 0 Å². The summed E-state index contributed by atoms with van der Waals surface area (Å²) in [6, 6.07) is 11.9. The quantitative estimate of drug-likeness (QED) is 0.656. The van der Waals surface area contributed by atoms with Crippen LogP contribution in [0.2, 0.25) is 15.1 Å². The van der Waals surface area contributed by atoms with Crippen LogP contribution in [-0.4, -0.2) is 15.5 Å². The average molecular weight is 385 g/mol. The van der Waals surface area contributed by atoms with Crippen molar-refractivity contribution in [1.29, 1.82) is 0 Å². The van der Waals surface area contributed by atoms with Crippen molar-refractivity contribution >= 4 is 57.9 Å². The molecule has 0 radical (unpaired) electrons. The van der Waals surface area contributed by atoms with Gasteiger partial charge in [0.2, 0.25) is 0 Å². The molecule has 1 amide bonds. The molecule has 0 aliphatic carbocycles. The lowest BCUT2D eigenvalue weighted by atomic mass is 10.1. The second kappa shape index (κ2) is 6.84. The third-order valence-electron chi connectivity index (χ3n) is 2.99. The van der Waals surface area contributed by atoms with Crippen molar-refractivity contribution in [1.82, 2.24) is 9.59 Å². The van der Waals surface area contributed by atoms with Gasteiger partial charge < -0.3 is 5.32 Å². The Labute approximate surface area is 151 Å². The van der Waals surface area contributed by atoms with Crippen LogP contribution in [0.15, 0.2) is 42.5 Å². The van der Waals surface area contributed by atoms with Crippen LogP contribution < -0.4 is 5.32 Å². The Hall–Kier alpha value is -1.66. The molecular weight excluding hydrogens is 377 g/mol. The fourth-order valence-electron chi connectivity index (χ4n) is 1.90. The minimum atomic E-state index is -0.316. The van der Waals surface area contributed by atoms with Crippen molar-refractivity contribution in [3.05, 3.63) is 62.4 Å². The maximum Gasteiger partial charge on any atom is 0.269 e. The summed E-state index contributed by atoms with van der Waals surface area (Å²) in [5, 5.41) is 8.18. The molecule has 0 saturated carbocycles. The minimum Gasteiger partial charge on any atom is -0.321 e. The molecule has 1 N–H and O–H groups in total. The molecule has 8 heteroatoms. The largest absolute Gasteiger partial charge is 0.321 e. The third-order valence-corrected chi connectivity index (χ3v) is 4.70. The molecule has 0 fully saturated rings. The lowest BCUT2D eigenvalue weighted by Gasteiger charge is -2.06. The van der Waals surface area contributed by atoms with Crippen molar-refractivity contribution in [2.45, 2.75) is 0 Å². The number of benzene rings is 2. The number of hydrogen-bond acceptors (Lipinski definition) is 4. The SMILES string of the molecule is O=C(Nc1ccc(Cl)c(Cl)c1)c1snnc1-c1ccc(Cl)cc1. The van der Waals surface area contributed by atoms with Gasteiger partial charge in [0.15, 0.2) is 0 Å². The summed E-state index contributed by atoms with van der Waals surface area (Å²) in [7, 11) is 0. The van der Waals surface area contributed by atoms with Crippen LogP contribution in [0.25, 0.3) is 11.3 Å². The highest BCUT2D eigenvalue weighted by Gasteiger charge is 2.18. The molecule has 0 unspecified atom stereocenters. The Bertz CT molecular complexity index is 865. The van der Waals surface area contributed by atoms with E-state index in [1.165, 1.54) is 0 Å². The van der Waals surface area contributed by atoms with Gasteiger partial charge in [0.1, 0.15) is 10.6 Å². The minimum absolute atomic E-state index is 0.316. The van der Waals surface area contributed by atoms with E-state index in [1.54, 1.807) is 42.5 Å². The number of nitrogens with one attached hydrogen (secondary N) is 1. The number of halogens is 3. The Morgan fingerprint density at radius 1 is 1.00 bits per heavy atom. The van der Waals surface area contributed by atoms with Gasteiger partial charge in [-0.3, -0.25) is 4.79 Å². The highest BCUT2D eigenvalue weighted by molar-refractivity contribution is 7.08. The van der Waals surface area contributed by atoms with Gasteiger partial charge in [-0.05, 0) is 41.9 Å². The summed E-state index contributed by atoms with van der Waals surface area (Å²) in [5.74, 6) is -0.316. The van der Waals surface area contributed by atoms with Gasteiger partial charge in [0, 0.05) is 16.3 Å². The summed E-state index contributed by atoms with van der Waals surface area (Å²) < 4.78 is 3.87. The number of hydrogen-bond donors (Lipinski definition) is 1. The van der Waals surface area contributed by atoms with Gasteiger partial charge in [-0.25, -0.2) is 0 Å². The predicted molar refractivity (Wildman–Crippen MR) is 94.8 cm³/mol. The highest BCUT2D eigenvalue weighted by atomic mass is 35.5. The summed E-state index contributed by atoms with van der Waals surface area (Å²) in [5.41, 5.74) is 1.81. The van der Waals surface area contributed by atoms with E-state index in [0.29, 0.717) is 31.3 Å². The number of nitrogens with zero attached hydrogens (tertiary/aromatic N) is 2. The zero-order valence-corrected chi connectivity index (χ0v) is 14.5. The molecular formula is C15H8Cl3N3OS. The van der Waals surface area contributed by atoms with Crippen molar-refractivity contribution in [3.8, 4) is 11.3 Å². The second-order valence-electron chi connectivity index (χ2n) is 4.54. The Morgan fingerprint density at radius 3 is 2.43 bits per heavy atom. The molecule has 0 aliphatic heterocycles. The molecule has 0 bridgehead atoms. The molecule has 2 aromatic carbocycles. The number of carbonyl (C=O) groups is 1. The first kappa shape index (κ1) is 16.2. The molecule has 116 valence electrons. The maximum atomic E-state index is 12.4. The second-order valence-corrected chi connectivity index (χ2v) is 6.55. The van der Waals surface area contributed by atoms with E-state index in [-0.39, 0.29) is 5.91 Å². The third kappa shape index (κ3) is 3.64. The molecule has 23 heavy (non-hydrogen) atoms. The summed E-state index contributed by atoms with van der Waals surface area (Å²) in [6.07, 6.45) is 0. The Balaban J connectivity index is 1.87. The maximum absolute atomic E-state index is 12.4. The number of rotatable bonds is 3. The fraction of sp³-hybridized carbons (Fsp3) is 0. The van der Waals surface area contributed by atoms with Crippen molar-refractivity contribution in [2.75, 3.05) is 5.32 Å². The Kier molecular flexibility index (Phi) is 4.82. The number of anilines is 1.